The van der Waals surface area contributed by atoms with Crippen LogP contribution < -0.4 is 5.32 Å². The van der Waals surface area contributed by atoms with E-state index in [1.165, 1.54) is 32.1 Å². The second-order valence-electron chi connectivity index (χ2n) is 4.71. The Bertz CT molecular complexity index is 221. The van der Waals surface area contributed by atoms with Gasteiger partial charge in [0, 0.05) is 19.1 Å². The van der Waals surface area contributed by atoms with E-state index in [-0.39, 0.29) is 5.91 Å². The van der Waals surface area contributed by atoms with Crippen LogP contribution in [0.25, 0.3) is 0 Å². The van der Waals surface area contributed by atoms with Gasteiger partial charge in [0.25, 0.3) is 0 Å². The molecule has 2 aliphatic rings. The minimum absolute atomic E-state index is 0.230. The number of hydrogen-bond acceptors (Lipinski definition) is 3. The monoisotopic (exact) mass is 226 g/mol. The number of morpholine rings is 1. The highest BCUT2D eigenvalue weighted by molar-refractivity contribution is 5.78. The minimum Gasteiger partial charge on any atom is -0.378 e. The van der Waals surface area contributed by atoms with Crippen molar-refractivity contribution in [1.82, 2.24) is 10.2 Å². The molecular formula is C12H22N2O2. The molecule has 2 rings (SSSR count). The molecule has 0 radical (unpaired) electrons. The Kier molecular flexibility index (Phi) is 4.60. The van der Waals surface area contributed by atoms with Crippen molar-refractivity contribution in [2.75, 3.05) is 32.8 Å². The molecule has 0 aromatic rings. The zero-order valence-corrected chi connectivity index (χ0v) is 9.91. The summed E-state index contributed by atoms with van der Waals surface area (Å²) in [6.45, 7) is 3.39. The van der Waals surface area contributed by atoms with Gasteiger partial charge in [-0.05, 0) is 12.8 Å². The molecule has 0 bridgehead atoms. The number of nitrogens with zero attached hydrogens (tertiary/aromatic N) is 1. The van der Waals surface area contributed by atoms with Crippen LogP contribution in [0, 0.1) is 0 Å². The van der Waals surface area contributed by atoms with Gasteiger partial charge in [0.15, 0.2) is 0 Å². The van der Waals surface area contributed by atoms with E-state index in [1.54, 1.807) is 0 Å². The molecule has 1 saturated carbocycles. The summed E-state index contributed by atoms with van der Waals surface area (Å²) >= 11 is 0. The number of nitrogens with one attached hydrogen (secondary N) is 1. The van der Waals surface area contributed by atoms with Gasteiger partial charge in [-0.3, -0.25) is 4.79 Å². The molecule has 4 heteroatoms. The van der Waals surface area contributed by atoms with Crippen molar-refractivity contribution in [2.45, 2.75) is 38.1 Å². The normalized spacial score (nSPS) is 23.4. The molecule has 2 fully saturated rings. The van der Waals surface area contributed by atoms with Crippen LogP contribution in [0.5, 0.6) is 0 Å². The first kappa shape index (κ1) is 11.9. The number of amides is 1. The van der Waals surface area contributed by atoms with E-state index in [1.807, 2.05) is 4.90 Å². The molecule has 4 nitrogen and oxygen atoms in total. The van der Waals surface area contributed by atoms with Crippen LogP contribution in [0.4, 0.5) is 0 Å². The predicted octanol–water partition coefficient (Wildman–Crippen LogP) is 0.767. The quantitative estimate of drug-likeness (QED) is 0.773. The molecule has 16 heavy (non-hydrogen) atoms. The molecule has 1 heterocycles. The molecule has 1 aliphatic heterocycles. The van der Waals surface area contributed by atoms with Crippen molar-refractivity contribution in [1.29, 1.82) is 0 Å². The van der Waals surface area contributed by atoms with Gasteiger partial charge in [-0.1, -0.05) is 19.3 Å². The van der Waals surface area contributed by atoms with Crippen molar-refractivity contribution in [2.24, 2.45) is 0 Å². The average molecular weight is 226 g/mol. The van der Waals surface area contributed by atoms with E-state index < -0.39 is 0 Å². The van der Waals surface area contributed by atoms with Crippen LogP contribution in [0.1, 0.15) is 32.1 Å². The molecule has 0 atom stereocenters. The van der Waals surface area contributed by atoms with E-state index in [0.29, 0.717) is 25.8 Å². The van der Waals surface area contributed by atoms with Crippen LogP contribution in [0.3, 0.4) is 0 Å². The Labute approximate surface area is 97.3 Å². The van der Waals surface area contributed by atoms with E-state index in [0.717, 1.165) is 13.1 Å². The average Bonchev–Trinajstić information content (AvgIpc) is 2.38. The standard InChI is InChI=1S/C12H22N2O2/c15-12(14-6-8-16-9-7-14)10-13-11-4-2-1-3-5-11/h11,13H,1-10H2. The molecule has 0 spiro atoms. The van der Waals surface area contributed by atoms with Crippen LogP contribution in [0.15, 0.2) is 0 Å². The fraction of sp³-hybridized carbons (Fsp3) is 0.917. The van der Waals surface area contributed by atoms with Gasteiger partial charge in [0.1, 0.15) is 0 Å². The van der Waals surface area contributed by atoms with E-state index in [4.69, 9.17) is 4.74 Å². The molecule has 0 aromatic heterocycles. The summed E-state index contributed by atoms with van der Waals surface area (Å²) in [6.07, 6.45) is 6.44. The first-order chi connectivity index (χ1) is 7.86. The fourth-order valence-corrected chi connectivity index (χ4v) is 2.46. The van der Waals surface area contributed by atoms with E-state index >= 15 is 0 Å². The lowest BCUT2D eigenvalue weighted by atomic mass is 9.95. The van der Waals surface area contributed by atoms with Gasteiger partial charge < -0.3 is 15.0 Å². The third kappa shape index (κ3) is 3.46. The topological polar surface area (TPSA) is 41.6 Å². The Morgan fingerprint density at radius 3 is 2.56 bits per heavy atom. The lowest BCUT2D eigenvalue weighted by Crippen LogP contribution is -2.46. The Balaban J connectivity index is 1.65. The number of carbonyl (C=O) groups excluding carboxylic acids is 1. The second kappa shape index (κ2) is 6.21. The van der Waals surface area contributed by atoms with Gasteiger partial charge in [0.05, 0.1) is 19.8 Å². The number of carbonyl (C=O) groups is 1. The van der Waals surface area contributed by atoms with Gasteiger partial charge in [0.2, 0.25) is 5.91 Å². The lowest BCUT2D eigenvalue weighted by molar-refractivity contribution is -0.134. The van der Waals surface area contributed by atoms with Crippen LogP contribution in [0.2, 0.25) is 0 Å². The maximum Gasteiger partial charge on any atom is 0.236 e. The Hall–Kier alpha value is -0.610. The zero-order valence-electron chi connectivity index (χ0n) is 9.91. The highest BCUT2D eigenvalue weighted by Crippen LogP contribution is 2.17. The summed E-state index contributed by atoms with van der Waals surface area (Å²) in [5.74, 6) is 0.230. The highest BCUT2D eigenvalue weighted by Gasteiger charge is 2.18. The lowest BCUT2D eigenvalue weighted by Gasteiger charge is -2.28. The summed E-state index contributed by atoms with van der Waals surface area (Å²) in [5.41, 5.74) is 0. The van der Waals surface area contributed by atoms with Crippen molar-refractivity contribution < 1.29 is 9.53 Å². The summed E-state index contributed by atoms with van der Waals surface area (Å²) in [6, 6.07) is 0.568. The molecule has 1 aliphatic carbocycles. The van der Waals surface area contributed by atoms with Gasteiger partial charge in [-0.15, -0.1) is 0 Å². The summed E-state index contributed by atoms with van der Waals surface area (Å²) in [7, 11) is 0. The minimum atomic E-state index is 0.230. The highest BCUT2D eigenvalue weighted by atomic mass is 16.5. The first-order valence-electron chi connectivity index (χ1n) is 6.45. The number of hydrogen-bond donors (Lipinski definition) is 1. The van der Waals surface area contributed by atoms with Crippen LogP contribution in [-0.4, -0.2) is 49.7 Å². The summed E-state index contributed by atoms with van der Waals surface area (Å²) < 4.78 is 5.23. The SMILES string of the molecule is O=C(CNC1CCCCC1)N1CCOCC1. The Morgan fingerprint density at radius 2 is 1.88 bits per heavy atom. The predicted molar refractivity (Wildman–Crippen MR) is 62.3 cm³/mol. The van der Waals surface area contributed by atoms with Crippen molar-refractivity contribution in [3.05, 3.63) is 0 Å². The molecule has 0 unspecified atom stereocenters. The van der Waals surface area contributed by atoms with Crippen molar-refractivity contribution >= 4 is 5.91 Å². The fourth-order valence-electron chi connectivity index (χ4n) is 2.46. The molecule has 0 aromatic carbocycles. The van der Waals surface area contributed by atoms with Gasteiger partial charge in [-0.2, -0.15) is 0 Å². The molecule has 1 amide bonds. The van der Waals surface area contributed by atoms with E-state index in [9.17, 15) is 4.79 Å². The second-order valence-corrected chi connectivity index (χ2v) is 4.71. The number of ether oxygens (including phenoxy) is 1. The van der Waals surface area contributed by atoms with Crippen molar-refractivity contribution in [3.8, 4) is 0 Å². The smallest absolute Gasteiger partial charge is 0.236 e. The first-order valence-corrected chi connectivity index (χ1v) is 6.45. The Morgan fingerprint density at radius 1 is 1.19 bits per heavy atom. The maximum absolute atomic E-state index is 11.8. The van der Waals surface area contributed by atoms with E-state index in [2.05, 4.69) is 5.32 Å². The molecule has 1 saturated heterocycles. The molecule has 1 N–H and O–H groups in total. The maximum atomic E-state index is 11.8. The third-order valence-electron chi connectivity index (χ3n) is 3.51. The largest absolute Gasteiger partial charge is 0.378 e. The van der Waals surface area contributed by atoms with Crippen LogP contribution >= 0.6 is 0 Å². The zero-order chi connectivity index (χ0) is 11.2. The summed E-state index contributed by atoms with van der Waals surface area (Å²) in [4.78, 5) is 13.8. The van der Waals surface area contributed by atoms with Crippen LogP contribution in [-0.2, 0) is 9.53 Å². The van der Waals surface area contributed by atoms with Gasteiger partial charge >= 0.3 is 0 Å². The molecular weight excluding hydrogens is 204 g/mol. The summed E-state index contributed by atoms with van der Waals surface area (Å²) in [5, 5.41) is 3.39. The van der Waals surface area contributed by atoms with Gasteiger partial charge in [-0.25, -0.2) is 0 Å². The third-order valence-corrected chi connectivity index (χ3v) is 3.51. The van der Waals surface area contributed by atoms with Crippen molar-refractivity contribution in [3.63, 3.8) is 0 Å². The molecule has 92 valence electrons. The number of rotatable bonds is 3.